The Hall–Kier alpha value is -4.37. The monoisotopic (exact) mass is 477 g/mol. The van der Waals surface area contributed by atoms with Gasteiger partial charge in [0.05, 0.1) is 40.5 Å². The van der Waals surface area contributed by atoms with Crippen molar-refractivity contribution >= 4 is 44.9 Å². The van der Waals surface area contributed by atoms with E-state index in [1.165, 1.54) is 0 Å². The summed E-state index contributed by atoms with van der Waals surface area (Å²) in [4.78, 5) is 29.3. The molecule has 0 saturated heterocycles. The third-order valence-electron chi connectivity index (χ3n) is 6.29. The number of hydrogen-bond acceptors (Lipinski definition) is 6. The van der Waals surface area contributed by atoms with Crippen LogP contribution in [0.5, 0.6) is 0 Å². The average Bonchev–Trinajstić information content (AvgIpc) is 3.26. The topological polar surface area (TPSA) is 112 Å². The minimum Gasteiger partial charge on any atom is -0.352 e. The predicted octanol–water partition coefficient (Wildman–Crippen LogP) is 5.64. The van der Waals surface area contributed by atoms with Gasteiger partial charge in [0.15, 0.2) is 0 Å². The highest BCUT2D eigenvalue weighted by Gasteiger charge is 2.29. The molecule has 0 bridgehead atoms. The van der Waals surface area contributed by atoms with E-state index in [4.69, 9.17) is 4.98 Å². The van der Waals surface area contributed by atoms with Crippen molar-refractivity contribution in [3.63, 3.8) is 0 Å². The summed E-state index contributed by atoms with van der Waals surface area (Å²) in [5.74, 6) is 0.188. The number of nitrogens with one attached hydrogen (secondary N) is 3. The molecule has 3 N–H and O–H groups in total. The van der Waals surface area contributed by atoms with Crippen LogP contribution in [0, 0.1) is 5.92 Å². The molecular weight excluding hydrogens is 458 g/mol. The molecule has 1 aliphatic carbocycles. The van der Waals surface area contributed by atoms with E-state index in [-0.39, 0.29) is 11.8 Å². The van der Waals surface area contributed by atoms with E-state index >= 15 is 0 Å². The molecule has 0 unspecified atom stereocenters. The molecular formula is C26H19N7OS. The highest BCUT2D eigenvalue weighted by Crippen LogP contribution is 2.34. The Morgan fingerprint density at radius 1 is 1.00 bits per heavy atom. The van der Waals surface area contributed by atoms with E-state index in [9.17, 15) is 4.79 Å². The summed E-state index contributed by atoms with van der Waals surface area (Å²) in [5, 5.41) is 15.9. The van der Waals surface area contributed by atoms with Crippen LogP contribution in [-0.4, -0.2) is 36.0 Å². The van der Waals surface area contributed by atoms with Crippen LogP contribution in [0.2, 0.25) is 0 Å². The maximum absolute atomic E-state index is 12.2. The number of thiophene rings is 1. The van der Waals surface area contributed by atoms with Gasteiger partial charge in [0.1, 0.15) is 11.2 Å². The molecule has 1 fully saturated rings. The number of nitrogens with zero attached hydrogens (tertiary/aromatic N) is 4. The summed E-state index contributed by atoms with van der Waals surface area (Å²) in [6, 6.07) is 10.00. The van der Waals surface area contributed by atoms with Gasteiger partial charge in [-0.3, -0.25) is 19.9 Å². The number of fused-ring (bicyclic) bond motifs is 2. The van der Waals surface area contributed by atoms with Gasteiger partial charge < -0.3 is 10.3 Å². The number of aromatic amines is 2. The Morgan fingerprint density at radius 3 is 2.77 bits per heavy atom. The maximum atomic E-state index is 12.2. The smallest absolute Gasteiger partial charge is 0.227 e. The van der Waals surface area contributed by atoms with E-state index in [1.54, 1.807) is 23.7 Å². The molecule has 0 aromatic carbocycles. The molecule has 6 aromatic rings. The first-order valence-corrected chi connectivity index (χ1v) is 12.3. The average molecular weight is 478 g/mol. The lowest BCUT2D eigenvalue weighted by Crippen LogP contribution is -2.13. The molecule has 6 heterocycles. The number of rotatable bonds is 5. The van der Waals surface area contributed by atoms with Crippen molar-refractivity contribution in [1.29, 1.82) is 0 Å². The van der Waals surface area contributed by atoms with Crippen LogP contribution in [-0.2, 0) is 4.79 Å². The van der Waals surface area contributed by atoms with Crippen molar-refractivity contribution in [2.75, 3.05) is 5.32 Å². The van der Waals surface area contributed by atoms with Crippen molar-refractivity contribution in [3.05, 3.63) is 65.9 Å². The third-order valence-corrected chi connectivity index (χ3v) is 6.97. The van der Waals surface area contributed by atoms with Gasteiger partial charge in [-0.05, 0) is 59.5 Å². The summed E-state index contributed by atoms with van der Waals surface area (Å²) < 4.78 is 0. The molecule has 1 aliphatic rings. The SMILES string of the molecule is O=C(Nc1cncc(-c2ccc3[nH]nc(-c4cc5c(-c6ccsc6)cncc5[nH]4)c3n2)c1)C1CC1. The van der Waals surface area contributed by atoms with E-state index in [0.29, 0.717) is 5.69 Å². The van der Waals surface area contributed by atoms with Gasteiger partial charge in [-0.2, -0.15) is 16.4 Å². The highest BCUT2D eigenvalue weighted by atomic mass is 32.1. The molecule has 170 valence electrons. The van der Waals surface area contributed by atoms with Crippen LogP contribution < -0.4 is 5.32 Å². The second-order valence-corrected chi connectivity index (χ2v) is 9.51. The number of anilines is 1. The zero-order valence-corrected chi connectivity index (χ0v) is 19.3. The normalized spacial score (nSPS) is 13.5. The van der Waals surface area contributed by atoms with Crippen LogP contribution >= 0.6 is 11.3 Å². The number of carbonyl (C=O) groups excluding carboxylic acids is 1. The predicted molar refractivity (Wildman–Crippen MR) is 137 cm³/mol. The lowest BCUT2D eigenvalue weighted by atomic mass is 10.1. The van der Waals surface area contributed by atoms with E-state index in [2.05, 4.69) is 53.4 Å². The van der Waals surface area contributed by atoms with Gasteiger partial charge in [-0.1, -0.05) is 0 Å². The van der Waals surface area contributed by atoms with E-state index < -0.39 is 0 Å². The number of aromatic nitrogens is 6. The largest absolute Gasteiger partial charge is 0.352 e. The molecule has 1 saturated carbocycles. The second-order valence-electron chi connectivity index (χ2n) is 8.73. The maximum Gasteiger partial charge on any atom is 0.227 e. The van der Waals surface area contributed by atoms with Gasteiger partial charge in [0, 0.05) is 34.8 Å². The quantitative estimate of drug-likeness (QED) is 0.297. The minimum absolute atomic E-state index is 0.0552. The molecule has 1 amide bonds. The Balaban J connectivity index is 1.29. The van der Waals surface area contributed by atoms with E-state index in [1.807, 2.05) is 30.6 Å². The summed E-state index contributed by atoms with van der Waals surface area (Å²) in [7, 11) is 0. The first kappa shape index (κ1) is 20.0. The molecule has 0 atom stereocenters. The molecule has 0 radical (unpaired) electrons. The highest BCUT2D eigenvalue weighted by molar-refractivity contribution is 7.08. The number of hydrogen-bond donors (Lipinski definition) is 3. The molecule has 9 heteroatoms. The molecule has 35 heavy (non-hydrogen) atoms. The number of amides is 1. The van der Waals surface area contributed by atoms with Gasteiger partial charge in [-0.25, -0.2) is 4.98 Å². The van der Waals surface area contributed by atoms with Gasteiger partial charge in [0.25, 0.3) is 0 Å². The number of carbonyl (C=O) groups is 1. The zero-order valence-electron chi connectivity index (χ0n) is 18.4. The van der Waals surface area contributed by atoms with Crippen LogP contribution in [0.25, 0.3) is 55.7 Å². The third kappa shape index (κ3) is 3.57. The van der Waals surface area contributed by atoms with E-state index in [0.717, 1.165) is 68.6 Å². The van der Waals surface area contributed by atoms with Crippen LogP contribution in [0.3, 0.4) is 0 Å². The van der Waals surface area contributed by atoms with Crippen LogP contribution in [0.4, 0.5) is 5.69 Å². The summed E-state index contributed by atoms with van der Waals surface area (Å²) >= 11 is 1.66. The summed E-state index contributed by atoms with van der Waals surface area (Å²) in [6.45, 7) is 0. The Morgan fingerprint density at radius 2 is 1.91 bits per heavy atom. The fourth-order valence-electron chi connectivity index (χ4n) is 4.31. The lowest BCUT2D eigenvalue weighted by molar-refractivity contribution is -0.117. The second kappa shape index (κ2) is 7.85. The fourth-order valence-corrected chi connectivity index (χ4v) is 4.97. The molecule has 8 nitrogen and oxygen atoms in total. The Labute approximate surface area is 203 Å². The molecule has 7 rings (SSSR count). The molecule has 0 spiro atoms. The van der Waals surface area contributed by atoms with Crippen LogP contribution in [0.15, 0.2) is 65.9 Å². The van der Waals surface area contributed by atoms with Gasteiger partial charge >= 0.3 is 0 Å². The first-order chi connectivity index (χ1) is 17.2. The zero-order chi connectivity index (χ0) is 23.4. The first-order valence-electron chi connectivity index (χ1n) is 11.3. The Bertz CT molecular complexity index is 1710. The summed E-state index contributed by atoms with van der Waals surface area (Å²) in [5.41, 5.74) is 8.63. The summed E-state index contributed by atoms with van der Waals surface area (Å²) in [6.07, 6.45) is 9.05. The Kier molecular flexibility index (Phi) is 4.49. The van der Waals surface area contributed by atoms with Crippen molar-refractivity contribution in [3.8, 4) is 33.8 Å². The lowest BCUT2D eigenvalue weighted by Gasteiger charge is -2.06. The number of pyridine rings is 3. The number of H-pyrrole nitrogens is 2. The van der Waals surface area contributed by atoms with Gasteiger partial charge in [0.2, 0.25) is 5.91 Å². The van der Waals surface area contributed by atoms with Crippen molar-refractivity contribution in [2.45, 2.75) is 12.8 Å². The van der Waals surface area contributed by atoms with Gasteiger partial charge in [-0.15, -0.1) is 0 Å². The minimum atomic E-state index is 0.0552. The molecule has 0 aliphatic heterocycles. The van der Waals surface area contributed by atoms with Crippen molar-refractivity contribution in [2.24, 2.45) is 5.92 Å². The van der Waals surface area contributed by atoms with Crippen molar-refractivity contribution < 1.29 is 4.79 Å². The standard InChI is InChI=1S/C26H19N7OS/c34-26(14-1-2-14)29-17-7-16(9-27-10-17)20-3-4-21-24(31-20)25(33-32-21)22-8-18-19(15-5-6-35-13-15)11-28-12-23(18)30-22/h3-14,30H,1-2H2,(H,29,34)(H,32,33). The fraction of sp³-hybridized carbons (Fsp3) is 0.115. The van der Waals surface area contributed by atoms with Crippen molar-refractivity contribution in [1.82, 2.24) is 30.1 Å². The molecule has 6 aromatic heterocycles. The van der Waals surface area contributed by atoms with Crippen LogP contribution in [0.1, 0.15) is 12.8 Å².